The highest BCUT2D eigenvalue weighted by atomic mass is 15.0. The van der Waals surface area contributed by atoms with Crippen LogP contribution in [0.1, 0.15) is 34.1 Å². The monoisotopic (exact) mass is 198 g/mol. The van der Waals surface area contributed by atoms with Crippen molar-refractivity contribution >= 4 is 0 Å². The summed E-state index contributed by atoms with van der Waals surface area (Å²) < 4.78 is 0. The second kappa shape index (κ2) is 5.13. The molecule has 1 atom stereocenters. The van der Waals surface area contributed by atoms with E-state index in [-0.39, 0.29) is 0 Å². The number of rotatable bonds is 5. The van der Waals surface area contributed by atoms with E-state index in [1.807, 2.05) is 0 Å². The summed E-state index contributed by atoms with van der Waals surface area (Å²) in [6, 6.07) is 0. The molecular formula is C12H26N2. The Balaban J connectivity index is 2.36. The Hall–Kier alpha value is -0.0800. The Morgan fingerprint density at radius 2 is 2.00 bits per heavy atom. The zero-order chi connectivity index (χ0) is 10.6. The molecule has 0 aromatic carbocycles. The second-order valence-corrected chi connectivity index (χ2v) is 5.47. The molecular weight excluding hydrogens is 172 g/mol. The van der Waals surface area contributed by atoms with Crippen molar-refractivity contribution in [3.05, 3.63) is 0 Å². The summed E-state index contributed by atoms with van der Waals surface area (Å²) in [7, 11) is 0. The number of hydrogen-bond donors (Lipinski definition) is 2. The van der Waals surface area contributed by atoms with Crippen LogP contribution >= 0.6 is 0 Å². The van der Waals surface area contributed by atoms with E-state index >= 15 is 0 Å². The van der Waals surface area contributed by atoms with Crippen LogP contribution in [-0.2, 0) is 0 Å². The van der Waals surface area contributed by atoms with Crippen LogP contribution in [0.15, 0.2) is 0 Å². The van der Waals surface area contributed by atoms with Crippen molar-refractivity contribution in [2.45, 2.75) is 34.1 Å². The van der Waals surface area contributed by atoms with Gasteiger partial charge in [-0.3, -0.25) is 0 Å². The third-order valence-corrected chi connectivity index (χ3v) is 3.53. The van der Waals surface area contributed by atoms with Gasteiger partial charge in [0.25, 0.3) is 0 Å². The lowest BCUT2D eigenvalue weighted by Gasteiger charge is -2.33. The first-order chi connectivity index (χ1) is 6.57. The highest BCUT2D eigenvalue weighted by Gasteiger charge is 2.36. The molecule has 14 heavy (non-hydrogen) atoms. The minimum atomic E-state index is 0.509. The van der Waals surface area contributed by atoms with E-state index in [0.717, 1.165) is 18.4 Å². The van der Waals surface area contributed by atoms with Crippen LogP contribution in [-0.4, -0.2) is 26.2 Å². The lowest BCUT2D eigenvalue weighted by Crippen LogP contribution is -2.41. The quantitative estimate of drug-likeness (QED) is 0.705. The van der Waals surface area contributed by atoms with E-state index < -0.39 is 0 Å². The van der Waals surface area contributed by atoms with Gasteiger partial charge in [0.15, 0.2) is 0 Å². The van der Waals surface area contributed by atoms with E-state index in [1.54, 1.807) is 0 Å². The van der Waals surface area contributed by atoms with Crippen molar-refractivity contribution < 1.29 is 0 Å². The van der Waals surface area contributed by atoms with Crippen LogP contribution in [0.5, 0.6) is 0 Å². The molecule has 0 amide bonds. The molecule has 0 saturated carbocycles. The molecule has 84 valence electrons. The van der Waals surface area contributed by atoms with Gasteiger partial charge in [0, 0.05) is 13.1 Å². The molecule has 0 aliphatic carbocycles. The Kier molecular flexibility index (Phi) is 4.39. The van der Waals surface area contributed by atoms with E-state index in [2.05, 4.69) is 38.3 Å². The summed E-state index contributed by atoms with van der Waals surface area (Å²) in [6.45, 7) is 13.9. The maximum atomic E-state index is 3.61. The molecule has 1 fully saturated rings. The Morgan fingerprint density at radius 3 is 2.43 bits per heavy atom. The first kappa shape index (κ1) is 12.0. The van der Waals surface area contributed by atoms with Gasteiger partial charge in [-0.1, -0.05) is 27.7 Å². The summed E-state index contributed by atoms with van der Waals surface area (Å²) in [6.07, 6.45) is 1.33. The summed E-state index contributed by atoms with van der Waals surface area (Å²) in [5.41, 5.74) is 0.509. The fourth-order valence-electron chi connectivity index (χ4n) is 2.22. The SMILES string of the molecule is CC(C)CNCC1(C(C)C)CCNC1. The minimum Gasteiger partial charge on any atom is -0.316 e. The smallest absolute Gasteiger partial charge is 0.00230 e. The highest BCUT2D eigenvalue weighted by Crippen LogP contribution is 2.33. The van der Waals surface area contributed by atoms with Crippen LogP contribution in [0.25, 0.3) is 0 Å². The molecule has 0 radical (unpaired) electrons. The van der Waals surface area contributed by atoms with Crippen molar-refractivity contribution in [1.82, 2.24) is 10.6 Å². The average Bonchev–Trinajstić information content (AvgIpc) is 2.53. The zero-order valence-corrected chi connectivity index (χ0v) is 10.2. The molecule has 1 aliphatic rings. The third kappa shape index (κ3) is 2.96. The molecule has 1 rings (SSSR count). The van der Waals surface area contributed by atoms with Crippen LogP contribution in [0.4, 0.5) is 0 Å². The standard InChI is InChI=1S/C12H26N2/c1-10(2)7-14-9-12(11(3)4)5-6-13-8-12/h10-11,13-14H,5-9H2,1-4H3. The van der Waals surface area contributed by atoms with Crippen molar-refractivity contribution in [3.8, 4) is 0 Å². The van der Waals surface area contributed by atoms with Gasteiger partial charge in [-0.25, -0.2) is 0 Å². The lowest BCUT2D eigenvalue weighted by molar-refractivity contribution is 0.206. The predicted octanol–water partition coefficient (Wildman–Crippen LogP) is 1.87. The normalized spacial score (nSPS) is 27.9. The average molecular weight is 198 g/mol. The second-order valence-electron chi connectivity index (χ2n) is 5.47. The zero-order valence-electron chi connectivity index (χ0n) is 10.2. The molecule has 1 saturated heterocycles. The fraction of sp³-hybridized carbons (Fsp3) is 1.00. The maximum Gasteiger partial charge on any atom is 0.00230 e. The van der Waals surface area contributed by atoms with Crippen LogP contribution in [0, 0.1) is 17.3 Å². The van der Waals surface area contributed by atoms with Crippen LogP contribution in [0.3, 0.4) is 0 Å². The molecule has 0 aromatic heterocycles. The van der Waals surface area contributed by atoms with Crippen molar-refractivity contribution in [2.75, 3.05) is 26.2 Å². The topological polar surface area (TPSA) is 24.1 Å². The first-order valence-corrected chi connectivity index (χ1v) is 5.98. The molecule has 1 unspecified atom stereocenters. The van der Waals surface area contributed by atoms with E-state index in [4.69, 9.17) is 0 Å². The van der Waals surface area contributed by atoms with Gasteiger partial charge in [0.1, 0.15) is 0 Å². The molecule has 0 aromatic rings. The molecule has 2 nitrogen and oxygen atoms in total. The summed E-state index contributed by atoms with van der Waals surface area (Å²) >= 11 is 0. The predicted molar refractivity (Wildman–Crippen MR) is 62.5 cm³/mol. The summed E-state index contributed by atoms with van der Waals surface area (Å²) in [5.74, 6) is 1.53. The highest BCUT2D eigenvalue weighted by molar-refractivity contribution is 4.91. The van der Waals surface area contributed by atoms with E-state index in [9.17, 15) is 0 Å². The van der Waals surface area contributed by atoms with Gasteiger partial charge in [-0.2, -0.15) is 0 Å². The van der Waals surface area contributed by atoms with Crippen LogP contribution in [0.2, 0.25) is 0 Å². The summed E-state index contributed by atoms with van der Waals surface area (Å²) in [4.78, 5) is 0. The van der Waals surface area contributed by atoms with Gasteiger partial charge in [0.2, 0.25) is 0 Å². The largest absolute Gasteiger partial charge is 0.316 e. The number of nitrogens with one attached hydrogen (secondary N) is 2. The molecule has 0 bridgehead atoms. The Morgan fingerprint density at radius 1 is 1.29 bits per heavy atom. The molecule has 1 heterocycles. The summed E-state index contributed by atoms with van der Waals surface area (Å²) in [5, 5.41) is 7.10. The molecule has 2 N–H and O–H groups in total. The minimum absolute atomic E-state index is 0.509. The van der Waals surface area contributed by atoms with E-state index in [1.165, 1.54) is 26.1 Å². The Bertz CT molecular complexity index is 158. The van der Waals surface area contributed by atoms with Crippen molar-refractivity contribution in [2.24, 2.45) is 17.3 Å². The maximum absolute atomic E-state index is 3.61. The third-order valence-electron chi connectivity index (χ3n) is 3.53. The van der Waals surface area contributed by atoms with Gasteiger partial charge in [0.05, 0.1) is 0 Å². The Labute approximate surface area is 88.8 Å². The fourth-order valence-corrected chi connectivity index (χ4v) is 2.22. The van der Waals surface area contributed by atoms with Gasteiger partial charge >= 0.3 is 0 Å². The lowest BCUT2D eigenvalue weighted by atomic mass is 9.76. The number of hydrogen-bond acceptors (Lipinski definition) is 2. The van der Waals surface area contributed by atoms with Gasteiger partial charge in [-0.05, 0) is 36.8 Å². The van der Waals surface area contributed by atoms with Gasteiger partial charge in [-0.15, -0.1) is 0 Å². The van der Waals surface area contributed by atoms with E-state index in [0.29, 0.717) is 5.41 Å². The molecule has 2 heteroatoms. The molecule has 0 spiro atoms. The van der Waals surface area contributed by atoms with Crippen LogP contribution < -0.4 is 10.6 Å². The molecule has 1 aliphatic heterocycles. The van der Waals surface area contributed by atoms with Gasteiger partial charge < -0.3 is 10.6 Å². The first-order valence-electron chi connectivity index (χ1n) is 5.98. The van der Waals surface area contributed by atoms with Crippen molar-refractivity contribution in [1.29, 1.82) is 0 Å². The van der Waals surface area contributed by atoms with Crippen molar-refractivity contribution in [3.63, 3.8) is 0 Å².